The molecule has 7 heteroatoms. The Bertz CT molecular complexity index is 782. The fourth-order valence-electron chi connectivity index (χ4n) is 3.23. The fourth-order valence-corrected chi connectivity index (χ4v) is 3.23. The molecule has 1 fully saturated rings. The number of imidazole rings is 1. The van der Waals surface area contributed by atoms with Gasteiger partial charge in [0.1, 0.15) is 12.4 Å². The highest BCUT2D eigenvalue weighted by Crippen LogP contribution is 2.33. The third-order valence-corrected chi connectivity index (χ3v) is 4.68. The van der Waals surface area contributed by atoms with Crippen molar-refractivity contribution in [2.75, 3.05) is 26.8 Å². The maximum atomic E-state index is 13.5. The molecule has 130 valence electrons. The lowest BCUT2D eigenvalue weighted by atomic mass is 9.79. The molecule has 1 aromatic carbocycles. The highest BCUT2D eigenvalue weighted by molar-refractivity contribution is 5.81. The second kappa shape index (κ2) is 6.12. The maximum absolute atomic E-state index is 13.5. The van der Waals surface area contributed by atoms with E-state index in [9.17, 15) is 13.6 Å². The van der Waals surface area contributed by atoms with Crippen molar-refractivity contribution in [3.63, 3.8) is 0 Å². The standard InChI is InChI=1S/C17H21F2N3O2/c1-11-20-14-6-12(18)13(19)7-15(14)22(11)8-16(23)21-9-17(2,10-21)4-5-24-3/h6-7H,4-5,8-10H2,1-3H3. The van der Waals surface area contributed by atoms with Gasteiger partial charge in [-0.2, -0.15) is 0 Å². The SMILES string of the molecule is COCCC1(C)CN(C(=O)Cn2c(C)nc3cc(F)c(F)cc32)C1. The van der Waals surface area contributed by atoms with Crippen molar-refractivity contribution in [2.24, 2.45) is 5.41 Å². The minimum Gasteiger partial charge on any atom is -0.385 e. The quantitative estimate of drug-likeness (QED) is 0.842. The second-order valence-corrected chi connectivity index (χ2v) is 6.80. The monoisotopic (exact) mass is 337 g/mol. The Morgan fingerprint density at radius 3 is 2.67 bits per heavy atom. The van der Waals surface area contributed by atoms with Crippen molar-refractivity contribution in [1.82, 2.24) is 14.5 Å². The van der Waals surface area contributed by atoms with Gasteiger partial charge in [0, 0.05) is 44.4 Å². The van der Waals surface area contributed by atoms with Crippen LogP contribution in [0.5, 0.6) is 0 Å². The number of aryl methyl sites for hydroxylation is 1. The van der Waals surface area contributed by atoms with E-state index in [0.717, 1.165) is 18.6 Å². The number of halogens is 2. The van der Waals surface area contributed by atoms with E-state index in [1.54, 1.807) is 23.5 Å². The van der Waals surface area contributed by atoms with Crippen LogP contribution in [0.1, 0.15) is 19.2 Å². The van der Waals surface area contributed by atoms with Crippen LogP contribution in [0.2, 0.25) is 0 Å². The number of aromatic nitrogens is 2. The molecule has 0 spiro atoms. The third-order valence-electron chi connectivity index (χ3n) is 4.68. The van der Waals surface area contributed by atoms with Gasteiger partial charge in [-0.25, -0.2) is 13.8 Å². The van der Waals surface area contributed by atoms with Gasteiger partial charge in [-0.15, -0.1) is 0 Å². The molecule has 5 nitrogen and oxygen atoms in total. The Kier molecular flexibility index (Phi) is 4.29. The van der Waals surface area contributed by atoms with E-state index in [4.69, 9.17) is 4.74 Å². The van der Waals surface area contributed by atoms with Crippen molar-refractivity contribution >= 4 is 16.9 Å². The summed E-state index contributed by atoms with van der Waals surface area (Å²) in [6.07, 6.45) is 0.908. The molecule has 3 rings (SSSR count). The van der Waals surface area contributed by atoms with Gasteiger partial charge in [-0.1, -0.05) is 6.92 Å². The van der Waals surface area contributed by atoms with Crippen LogP contribution in [0.15, 0.2) is 12.1 Å². The Morgan fingerprint density at radius 1 is 1.33 bits per heavy atom. The first kappa shape index (κ1) is 16.8. The molecular weight excluding hydrogens is 316 g/mol. The molecule has 0 bridgehead atoms. The van der Waals surface area contributed by atoms with Gasteiger partial charge in [0.25, 0.3) is 0 Å². The lowest BCUT2D eigenvalue weighted by Crippen LogP contribution is -2.58. The summed E-state index contributed by atoms with van der Waals surface area (Å²) in [6, 6.07) is 2.15. The lowest BCUT2D eigenvalue weighted by Gasteiger charge is -2.48. The van der Waals surface area contributed by atoms with Crippen LogP contribution in [-0.2, 0) is 16.1 Å². The maximum Gasteiger partial charge on any atom is 0.242 e. The van der Waals surface area contributed by atoms with Gasteiger partial charge in [0.05, 0.1) is 11.0 Å². The summed E-state index contributed by atoms with van der Waals surface area (Å²) in [6.45, 7) is 5.98. The summed E-state index contributed by atoms with van der Waals surface area (Å²) >= 11 is 0. The topological polar surface area (TPSA) is 47.4 Å². The van der Waals surface area contributed by atoms with Gasteiger partial charge in [0.15, 0.2) is 11.6 Å². The largest absolute Gasteiger partial charge is 0.385 e. The molecule has 1 aliphatic rings. The fraction of sp³-hybridized carbons (Fsp3) is 0.529. The number of hydrogen-bond donors (Lipinski definition) is 0. The van der Waals surface area contributed by atoms with Crippen LogP contribution < -0.4 is 0 Å². The second-order valence-electron chi connectivity index (χ2n) is 6.80. The molecule has 1 aliphatic heterocycles. The smallest absolute Gasteiger partial charge is 0.242 e. The van der Waals surface area contributed by atoms with Crippen LogP contribution in [0, 0.1) is 24.0 Å². The average Bonchev–Trinajstić information content (AvgIpc) is 2.78. The van der Waals surface area contributed by atoms with E-state index < -0.39 is 11.6 Å². The van der Waals surface area contributed by atoms with Gasteiger partial charge in [-0.05, 0) is 13.3 Å². The van der Waals surface area contributed by atoms with Crippen LogP contribution in [0.3, 0.4) is 0 Å². The van der Waals surface area contributed by atoms with Gasteiger partial charge in [0.2, 0.25) is 5.91 Å². The number of nitrogens with zero attached hydrogens (tertiary/aromatic N) is 3. The third kappa shape index (κ3) is 3.00. The molecule has 0 radical (unpaired) electrons. The number of carbonyl (C=O) groups excluding carboxylic acids is 1. The number of likely N-dealkylation sites (tertiary alicyclic amines) is 1. The minimum atomic E-state index is -0.938. The van der Waals surface area contributed by atoms with Gasteiger partial charge < -0.3 is 14.2 Å². The molecule has 0 atom stereocenters. The van der Waals surface area contributed by atoms with E-state index in [1.165, 1.54) is 0 Å². The summed E-state index contributed by atoms with van der Waals surface area (Å²) in [4.78, 5) is 18.5. The number of ether oxygens (including phenoxy) is 1. The van der Waals surface area contributed by atoms with Crippen LogP contribution in [-0.4, -0.2) is 47.2 Å². The predicted molar refractivity (Wildman–Crippen MR) is 85.6 cm³/mol. The summed E-state index contributed by atoms with van der Waals surface area (Å²) in [5.41, 5.74) is 0.877. The zero-order valence-electron chi connectivity index (χ0n) is 14.1. The molecule has 1 amide bonds. The first-order valence-corrected chi connectivity index (χ1v) is 7.91. The molecule has 2 aromatic rings. The number of rotatable bonds is 5. The Morgan fingerprint density at radius 2 is 2.00 bits per heavy atom. The van der Waals surface area contributed by atoms with E-state index >= 15 is 0 Å². The van der Waals surface area contributed by atoms with Gasteiger partial charge >= 0.3 is 0 Å². The molecule has 1 aromatic heterocycles. The molecule has 0 saturated carbocycles. The van der Waals surface area contributed by atoms with Crippen LogP contribution in [0.25, 0.3) is 11.0 Å². The number of carbonyl (C=O) groups is 1. The minimum absolute atomic E-state index is 0.0444. The zero-order valence-corrected chi connectivity index (χ0v) is 14.1. The molecule has 1 saturated heterocycles. The Labute approximate surface area is 139 Å². The summed E-state index contributed by atoms with van der Waals surface area (Å²) in [5, 5.41) is 0. The highest BCUT2D eigenvalue weighted by Gasteiger charge is 2.40. The predicted octanol–water partition coefficient (Wildman–Crippen LogP) is 2.51. The zero-order chi connectivity index (χ0) is 17.5. The number of methoxy groups -OCH3 is 1. The van der Waals surface area contributed by atoms with E-state index in [-0.39, 0.29) is 17.9 Å². The molecule has 24 heavy (non-hydrogen) atoms. The Balaban J connectivity index is 1.73. The lowest BCUT2D eigenvalue weighted by molar-refractivity contribution is -0.144. The molecule has 0 aliphatic carbocycles. The van der Waals surface area contributed by atoms with Crippen molar-refractivity contribution in [3.05, 3.63) is 29.6 Å². The van der Waals surface area contributed by atoms with Crippen molar-refractivity contribution in [2.45, 2.75) is 26.8 Å². The molecule has 2 heterocycles. The van der Waals surface area contributed by atoms with Crippen molar-refractivity contribution < 1.29 is 18.3 Å². The summed E-state index contributed by atoms with van der Waals surface area (Å²) < 4.78 is 33.6. The van der Waals surface area contributed by atoms with Crippen LogP contribution >= 0.6 is 0 Å². The van der Waals surface area contributed by atoms with Crippen molar-refractivity contribution in [1.29, 1.82) is 0 Å². The van der Waals surface area contributed by atoms with Crippen LogP contribution in [0.4, 0.5) is 8.78 Å². The average molecular weight is 337 g/mol. The van der Waals surface area contributed by atoms with Gasteiger partial charge in [-0.3, -0.25) is 4.79 Å². The first-order valence-electron chi connectivity index (χ1n) is 7.91. The van der Waals surface area contributed by atoms with E-state index in [0.29, 0.717) is 36.6 Å². The van der Waals surface area contributed by atoms with Crippen molar-refractivity contribution in [3.8, 4) is 0 Å². The molecule has 0 N–H and O–H groups in total. The summed E-state index contributed by atoms with van der Waals surface area (Å²) in [7, 11) is 1.67. The summed E-state index contributed by atoms with van der Waals surface area (Å²) in [5.74, 6) is -1.36. The highest BCUT2D eigenvalue weighted by atomic mass is 19.2. The van der Waals surface area contributed by atoms with E-state index in [2.05, 4.69) is 11.9 Å². The Hall–Kier alpha value is -2.02. The molecule has 0 unspecified atom stereocenters. The van der Waals surface area contributed by atoms with E-state index in [1.807, 2.05) is 0 Å². The number of benzene rings is 1. The first-order chi connectivity index (χ1) is 11.3. The normalized spacial score (nSPS) is 16.5. The number of hydrogen-bond acceptors (Lipinski definition) is 3. The molecular formula is C17H21F2N3O2. The number of amides is 1. The number of fused-ring (bicyclic) bond motifs is 1.